The maximum Gasteiger partial charge on any atom is 0.341 e. The van der Waals surface area contributed by atoms with Crippen LogP contribution in [0.15, 0.2) is 24.3 Å². The molecule has 0 bridgehead atoms. The molecule has 1 aromatic carbocycles. The Morgan fingerprint density at radius 1 is 1.30 bits per heavy atom. The number of ketones is 1. The molecule has 0 amide bonds. The van der Waals surface area contributed by atoms with Crippen LogP contribution in [0.5, 0.6) is 10.8 Å². The number of hydrogen-bond acceptors (Lipinski definition) is 7. The maximum absolute atomic E-state index is 11.8. The predicted octanol–water partition coefficient (Wildman–Crippen LogP) is 4.09. The van der Waals surface area contributed by atoms with E-state index in [2.05, 4.69) is 4.74 Å². The van der Waals surface area contributed by atoms with Gasteiger partial charge in [0.05, 0.1) is 16.9 Å². The molecule has 0 spiro atoms. The van der Waals surface area contributed by atoms with E-state index in [1.165, 1.54) is 32.2 Å². The van der Waals surface area contributed by atoms with Crippen LogP contribution in [0.25, 0.3) is 0 Å². The lowest BCUT2D eigenvalue weighted by Crippen LogP contribution is -2.03. The van der Waals surface area contributed by atoms with Gasteiger partial charge >= 0.3 is 11.7 Å². The lowest BCUT2D eigenvalue weighted by Gasteiger charge is -2.08. The summed E-state index contributed by atoms with van der Waals surface area (Å²) >= 11 is 6.66. The molecule has 1 heterocycles. The van der Waals surface area contributed by atoms with E-state index in [1.54, 1.807) is 0 Å². The Morgan fingerprint density at radius 2 is 2.00 bits per heavy atom. The minimum absolute atomic E-state index is 0.0204. The summed E-state index contributed by atoms with van der Waals surface area (Å²) in [4.78, 5) is 33.8. The van der Waals surface area contributed by atoms with Gasteiger partial charge in [-0.2, -0.15) is 0 Å². The van der Waals surface area contributed by atoms with E-state index in [1.807, 2.05) is 0 Å². The number of ether oxygens (including phenoxy) is 2. The van der Waals surface area contributed by atoms with Gasteiger partial charge in [0.25, 0.3) is 5.06 Å². The maximum atomic E-state index is 11.8. The summed E-state index contributed by atoms with van der Waals surface area (Å²) in [7, 11) is 1.19. The average Bonchev–Trinajstić information content (AvgIpc) is 2.92. The lowest BCUT2D eigenvalue weighted by molar-refractivity contribution is -0.385. The Balaban J connectivity index is 2.49. The van der Waals surface area contributed by atoms with Gasteiger partial charge in [-0.05, 0) is 25.1 Å². The number of rotatable bonds is 5. The van der Waals surface area contributed by atoms with Crippen LogP contribution < -0.4 is 4.74 Å². The van der Waals surface area contributed by atoms with Gasteiger partial charge in [0, 0.05) is 11.1 Å². The molecule has 0 saturated carbocycles. The van der Waals surface area contributed by atoms with Crippen LogP contribution in [0.1, 0.15) is 27.0 Å². The molecular formula is C14H10ClNO6S. The van der Waals surface area contributed by atoms with Gasteiger partial charge in [-0.15, -0.1) is 0 Å². The van der Waals surface area contributed by atoms with Gasteiger partial charge in [-0.3, -0.25) is 14.9 Å². The molecular weight excluding hydrogens is 346 g/mol. The third-order valence-electron chi connectivity index (χ3n) is 2.77. The number of carbonyl (C=O) groups is 2. The smallest absolute Gasteiger partial charge is 0.341 e. The zero-order valence-electron chi connectivity index (χ0n) is 12.0. The Bertz CT molecular complexity index is 801. The number of nitro groups is 1. The van der Waals surface area contributed by atoms with Crippen molar-refractivity contribution in [3.8, 4) is 10.8 Å². The van der Waals surface area contributed by atoms with Gasteiger partial charge in [-0.25, -0.2) is 4.79 Å². The normalized spacial score (nSPS) is 10.2. The van der Waals surface area contributed by atoms with E-state index in [4.69, 9.17) is 16.3 Å². The summed E-state index contributed by atoms with van der Waals surface area (Å²) < 4.78 is 10.1. The van der Waals surface area contributed by atoms with Crippen LogP contribution in [0.4, 0.5) is 5.69 Å². The third kappa shape index (κ3) is 3.66. The molecule has 0 fully saturated rings. The summed E-state index contributed by atoms with van der Waals surface area (Å²) in [6.45, 7) is 1.29. The number of nitrogens with zero attached hydrogens (tertiary/aromatic N) is 1. The number of hydrogen-bond donors (Lipinski definition) is 0. The molecule has 7 nitrogen and oxygen atoms in total. The highest BCUT2D eigenvalue weighted by atomic mass is 35.5. The Hall–Kier alpha value is -2.45. The quantitative estimate of drug-likeness (QED) is 0.347. The Kier molecular flexibility index (Phi) is 4.97. The number of carbonyl (C=O) groups excluding carboxylic acids is 2. The summed E-state index contributed by atoms with van der Waals surface area (Å²) in [6, 6.07) is 5.32. The zero-order chi connectivity index (χ0) is 17.1. The van der Waals surface area contributed by atoms with Gasteiger partial charge in [0.1, 0.15) is 11.3 Å². The Labute approximate surface area is 139 Å². The first-order chi connectivity index (χ1) is 10.8. The molecule has 120 valence electrons. The molecule has 1 aromatic heterocycles. The molecule has 0 saturated heterocycles. The van der Waals surface area contributed by atoms with Crippen LogP contribution in [-0.4, -0.2) is 23.8 Å². The van der Waals surface area contributed by atoms with Crippen LogP contribution in [0.3, 0.4) is 0 Å². The molecule has 0 aliphatic carbocycles. The van der Waals surface area contributed by atoms with Crippen molar-refractivity contribution in [3.05, 3.63) is 49.8 Å². The SMILES string of the molecule is COC(=O)c1cc(Cl)ccc1Oc1sc(C(C)=O)cc1[N+](=O)[O-]. The molecule has 23 heavy (non-hydrogen) atoms. The van der Waals surface area contributed by atoms with Crippen molar-refractivity contribution in [1.29, 1.82) is 0 Å². The lowest BCUT2D eigenvalue weighted by atomic mass is 10.2. The number of methoxy groups -OCH3 is 1. The fraction of sp³-hybridized carbons (Fsp3) is 0.143. The van der Waals surface area contributed by atoms with E-state index in [9.17, 15) is 19.7 Å². The second-order valence-electron chi connectivity index (χ2n) is 4.33. The van der Waals surface area contributed by atoms with Crippen molar-refractivity contribution < 1.29 is 24.0 Å². The number of benzene rings is 1. The van der Waals surface area contributed by atoms with E-state index in [-0.39, 0.29) is 37.7 Å². The van der Waals surface area contributed by atoms with E-state index in [0.717, 1.165) is 17.4 Å². The van der Waals surface area contributed by atoms with Crippen molar-refractivity contribution in [2.75, 3.05) is 7.11 Å². The van der Waals surface area contributed by atoms with Crippen LogP contribution >= 0.6 is 22.9 Å². The molecule has 2 rings (SSSR count). The summed E-state index contributed by atoms with van der Waals surface area (Å²) in [5.74, 6) is -0.980. The van der Waals surface area contributed by atoms with Gasteiger partial charge < -0.3 is 9.47 Å². The predicted molar refractivity (Wildman–Crippen MR) is 83.8 cm³/mol. The highest BCUT2D eigenvalue weighted by Crippen LogP contribution is 2.41. The number of halogens is 1. The molecule has 0 aliphatic heterocycles. The molecule has 9 heteroatoms. The van der Waals surface area contributed by atoms with Crippen LogP contribution in [0.2, 0.25) is 5.02 Å². The third-order valence-corrected chi connectivity index (χ3v) is 4.11. The highest BCUT2D eigenvalue weighted by Gasteiger charge is 2.25. The fourth-order valence-corrected chi connectivity index (χ4v) is 2.75. The molecule has 0 aliphatic rings. The van der Waals surface area contributed by atoms with Crippen molar-refractivity contribution in [1.82, 2.24) is 0 Å². The van der Waals surface area contributed by atoms with Crippen LogP contribution in [-0.2, 0) is 4.74 Å². The molecule has 0 atom stereocenters. The number of thiophene rings is 1. The van der Waals surface area contributed by atoms with E-state index < -0.39 is 10.9 Å². The second-order valence-corrected chi connectivity index (χ2v) is 5.78. The van der Waals surface area contributed by atoms with Crippen molar-refractivity contribution in [3.63, 3.8) is 0 Å². The topological polar surface area (TPSA) is 95.7 Å². The highest BCUT2D eigenvalue weighted by molar-refractivity contribution is 7.16. The summed E-state index contributed by atoms with van der Waals surface area (Å²) in [6.07, 6.45) is 0. The standard InChI is InChI=1S/C14H10ClNO6S/c1-7(17)12-6-10(16(19)20)14(23-12)22-11-4-3-8(15)5-9(11)13(18)21-2/h3-6H,1-2H3. The summed E-state index contributed by atoms with van der Waals surface area (Å²) in [5, 5.41) is 11.3. The number of Topliss-reactive ketones (excluding diaryl/α,β-unsaturated/α-hetero) is 1. The summed E-state index contributed by atoms with van der Waals surface area (Å²) in [5.41, 5.74) is -0.335. The second kappa shape index (κ2) is 6.76. The first-order valence-corrected chi connectivity index (χ1v) is 7.37. The minimum atomic E-state index is -0.700. The average molecular weight is 356 g/mol. The van der Waals surface area contributed by atoms with Gasteiger partial charge in [-0.1, -0.05) is 22.9 Å². The fourth-order valence-electron chi connectivity index (χ4n) is 1.70. The van der Waals surface area contributed by atoms with E-state index in [0.29, 0.717) is 0 Å². The minimum Gasteiger partial charge on any atom is -0.465 e. The largest absolute Gasteiger partial charge is 0.465 e. The first kappa shape index (κ1) is 16.9. The molecule has 0 unspecified atom stereocenters. The van der Waals surface area contributed by atoms with Crippen molar-refractivity contribution in [2.45, 2.75) is 6.92 Å². The monoisotopic (exact) mass is 355 g/mol. The molecule has 2 aromatic rings. The first-order valence-electron chi connectivity index (χ1n) is 6.18. The molecule has 0 radical (unpaired) electrons. The van der Waals surface area contributed by atoms with Gasteiger partial charge in [0.2, 0.25) is 0 Å². The number of esters is 1. The van der Waals surface area contributed by atoms with Crippen molar-refractivity contribution >= 4 is 40.4 Å². The van der Waals surface area contributed by atoms with Crippen molar-refractivity contribution in [2.24, 2.45) is 0 Å². The Morgan fingerprint density at radius 3 is 2.57 bits per heavy atom. The van der Waals surface area contributed by atoms with Crippen LogP contribution in [0, 0.1) is 10.1 Å². The zero-order valence-corrected chi connectivity index (χ0v) is 13.6. The molecule has 0 N–H and O–H groups in total. The van der Waals surface area contributed by atoms with E-state index >= 15 is 0 Å². The van der Waals surface area contributed by atoms with Gasteiger partial charge in [0.15, 0.2) is 5.78 Å².